The highest BCUT2D eigenvalue weighted by Gasteiger charge is 2.18. The molecule has 0 aliphatic rings. The SMILES string of the molecule is CCc1nn(C)c(CC(N)c2sccc2Cl)c1Br. The van der Waals surface area contributed by atoms with E-state index < -0.39 is 0 Å². The highest BCUT2D eigenvalue weighted by molar-refractivity contribution is 9.10. The second kappa shape index (κ2) is 5.74. The molecule has 3 nitrogen and oxygen atoms in total. The molecule has 2 aromatic rings. The van der Waals surface area contributed by atoms with Crippen molar-refractivity contribution >= 4 is 38.9 Å². The molecule has 1 unspecified atom stereocenters. The molecule has 0 radical (unpaired) electrons. The van der Waals surface area contributed by atoms with Crippen LogP contribution < -0.4 is 5.73 Å². The zero-order valence-electron chi connectivity index (χ0n) is 10.3. The summed E-state index contributed by atoms with van der Waals surface area (Å²) in [7, 11) is 1.95. The molecule has 0 fully saturated rings. The fraction of sp³-hybridized carbons (Fsp3) is 0.417. The maximum Gasteiger partial charge on any atom is 0.0766 e. The van der Waals surface area contributed by atoms with Crippen LogP contribution in [0, 0.1) is 0 Å². The lowest BCUT2D eigenvalue weighted by molar-refractivity contribution is 0.643. The molecule has 0 saturated carbocycles. The van der Waals surface area contributed by atoms with Gasteiger partial charge in [-0.25, -0.2) is 0 Å². The van der Waals surface area contributed by atoms with Crippen LogP contribution in [0.3, 0.4) is 0 Å². The van der Waals surface area contributed by atoms with Crippen LogP contribution in [0.4, 0.5) is 0 Å². The maximum absolute atomic E-state index is 6.22. The van der Waals surface area contributed by atoms with E-state index in [1.54, 1.807) is 11.3 Å². The van der Waals surface area contributed by atoms with Crippen molar-refractivity contribution in [3.05, 3.63) is 37.2 Å². The highest BCUT2D eigenvalue weighted by Crippen LogP contribution is 2.31. The number of hydrogen-bond donors (Lipinski definition) is 1. The Hall–Kier alpha value is -0.360. The van der Waals surface area contributed by atoms with E-state index in [-0.39, 0.29) is 6.04 Å². The molecule has 0 amide bonds. The van der Waals surface area contributed by atoms with Crippen molar-refractivity contribution < 1.29 is 0 Å². The normalized spacial score (nSPS) is 12.9. The quantitative estimate of drug-likeness (QED) is 0.915. The Morgan fingerprint density at radius 3 is 2.83 bits per heavy atom. The van der Waals surface area contributed by atoms with E-state index in [9.17, 15) is 0 Å². The summed E-state index contributed by atoms with van der Waals surface area (Å²) >= 11 is 11.3. The van der Waals surface area contributed by atoms with Gasteiger partial charge in [0.25, 0.3) is 0 Å². The second-order valence-corrected chi connectivity index (χ2v) is 6.28. The maximum atomic E-state index is 6.22. The predicted octanol–water partition coefficient (Wildman–Crippen LogP) is 3.70. The van der Waals surface area contributed by atoms with Crippen LogP contribution in [0.2, 0.25) is 5.02 Å². The Balaban J connectivity index is 2.24. The van der Waals surface area contributed by atoms with Crippen LogP contribution in [0.1, 0.15) is 29.2 Å². The lowest BCUT2D eigenvalue weighted by Crippen LogP contribution is -2.14. The monoisotopic (exact) mass is 347 g/mol. The Bertz CT molecular complexity index is 550. The van der Waals surface area contributed by atoms with Gasteiger partial charge < -0.3 is 5.73 Å². The number of aromatic nitrogens is 2. The van der Waals surface area contributed by atoms with Gasteiger partial charge in [0.2, 0.25) is 0 Å². The average Bonchev–Trinajstić information content (AvgIpc) is 2.87. The van der Waals surface area contributed by atoms with E-state index in [1.807, 2.05) is 23.2 Å². The van der Waals surface area contributed by atoms with Crippen molar-refractivity contribution in [3.8, 4) is 0 Å². The molecule has 0 aliphatic carbocycles. The van der Waals surface area contributed by atoms with E-state index in [0.29, 0.717) is 0 Å². The summed E-state index contributed by atoms with van der Waals surface area (Å²) in [5, 5.41) is 7.19. The minimum absolute atomic E-state index is 0.0890. The summed E-state index contributed by atoms with van der Waals surface area (Å²) in [6.45, 7) is 2.09. The predicted molar refractivity (Wildman–Crippen MR) is 80.2 cm³/mol. The van der Waals surface area contributed by atoms with Gasteiger partial charge in [-0.3, -0.25) is 4.68 Å². The van der Waals surface area contributed by atoms with Gasteiger partial charge in [0, 0.05) is 24.4 Å². The fourth-order valence-electron chi connectivity index (χ4n) is 1.91. The van der Waals surface area contributed by atoms with Crippen molar-refractivity contribution in [1.82, 2.24) is 9.78 Å². The van der Waals surface area contributed by atoms with Crippen molar-refractivity contribution in [2.45, 2.75) is 25.8 Å². The molecule has 2 aromatic heterocycles. The minimum atomic E-state index is -0.0890. The molecule has 2 N–H and O–H groups in total. The van der Waals surface area contributed by atoms with Gasteiger partial charge in [0.05, 0.1) is 20.9 Å². The third kappa shape index (κ3) is 2.64. The smallest absolute Gasteiger partial charge is 0.0766 e. The summed E-state index contributed by atoms with van der Waals surface area (Å²) in [5.41, 5.74) is 8.41. The number of rotatable bonds is 4. The third-order valence-electron chi connectivity index (χ3n) is 2.90. The lowest BCUT2D eigenvalue weighted by atomic mass is 10.1. The number of nitrogens with zero attached hydrogens (tertiary/aromatic N) is 2. The van der Waals surface area contributed by atoms with Gasteiger partial charge in [0.15, 0.2) is 0 Å². The summed E-state index contributed by atoms with van der Waals surface area (Å²) in [4.78, 5) is 1.03. The summed E-state index contributed by atoms with van der Waals surface area (Å²) in [5.74, 6) is 0. The van der Waals surface area contributed by atoms with Gasteiger partial charge in [-0.15, -0.1) is 11.3 Å². The Morgan fingerprint density at radius 2 is 2.33 bits per heavy atom. The van der Waals surface area contributed by atoms with Crippen LogP contribution in [0.5, 0.6) is 0 Å². The number of halogens is 2. The largest absolute Gasteiger partial charge is 0.323 e. The Kier molecular flexibility index (Phi) is 4.48. The molecule has 1 atom stereocenters. The number of aryl methyl sites for hydroxylation is 2. The molecule has 0 aromatic carbocycles. The summed E-state index contributed by atoms with van der Waals surface area (Å²) in [6.07, 6.45) is 1.63. The first-order valence-electron chi connectivity index (χ1n) is 5.73. The molecular formula is C12H15BrClN3S. The van der Waals surface area contributed by atoms with E-state index >= 15 is 0 Å². The molecule has 0 bridgehead atoms. The van der Waals surface area contributed by atoms with Crippen molar-refractivity contribution in [1.29, 1.82) is 0 Å². The highest BCUT2D eigenvalue weighted by atomic mass is 79.9. The van der Waals surface area contributed by atoms with Crippen LogP contribution >= 0.6 is 38.9 Å². The first-order chi connectivity index (χ1) is 8.54. The summed E-state index contributed by atoms with van der Waals surface area (Å²) in [6, 6.07) is 1.80. The van der Waals surface area contributed by atoms with Crippen molar-refractivity contribution in [3.63, 3.8) is 0 Å². The molecule has 2 rings (SSSR count). The van der Waals surface area contributed by atoms with Crippen LogP contribution in [0.15, 0.2) is 15.9 Å². The molecule has 0 aliphatic heterocycles. The molecule has 18 heavy (non-hydrogen) atoms. The van der Waals surface area contributed by atoms with Crippen LogP contribution in [-0.2, 0) is 19.9 Å². The van der Waals surface area contributed by atoms with E-state index in [0.717, 1.165) is 38.6 Å². The van der Waals surface area contributed by atoms with E-state index in [1.165, 1.54) is 0 Å². The number of hydrogen-bond acceptors (Lipinski definition) is 3. The first kappa shape index (κ1) is 14.1. The first-order valence-corrected chi connectivity index (χ1v) is 7.78. The second-order valence-electron chi connectivity index (χ2n) is 4.13. The lowest BCUT2D eigenvalue weighted by Gasteiger charge is -2.11. The fourth-order valence-corrected chi connectivity index (χ4v) is 3.89. The van der Waals surface area contributed by atoms with Crippen LogP contribution in [0.25, 0.3) is 0 Å². The standard InChI is InChI=1S/C12H15BrClN3S/c1-3-9-11(13)10(17(2)16-9)6-8(15)12-7(14)4-5-18-12/h4-5,8H,3,6,15H2,1-2H3. The van der Waals surface area contributed by atoms with Gasteiger partial charge in [-0.05, 0) is 33.8 Å². The van der Waals surface area contributed by atoms with Crippen molar-refractivity contribution in [2.24, 2.45) is 12.8 Å². The molecule has 0 spiro atoms. The topological polar surface area (TPSA) is 43.8 Å². The molecule has 0 saturated heterocycles. The molecular weight excluding hydrogens is 334 g/mol. The molecule has 98 valence electrons. The number of nitrogens with two attached hydrogens (primary N) is 1. The van der Waals surface area contributed by atoms with Gasteiger partial charge in [0.1, 0.15) is 0 Å². The van der Waals surface area contributed by atoms with E-state index in [2.05, 4.69) is 28.0 Å². The van der Waals surface area contributed by atoms with E-state index in [4.69, 9.17) is 17.3 Å². The molecule has 6 heteroatoms. The number of thiophene rings is 1. The molecule has 2 heterocycles. The third-order valence-corrected chi connectivity index (χ3v) is 5.30. The van der Waals surface area contributed by atoms with Gasteiger partial charge >= 0.3 is 0 Å². The summed E-state index contributed by atoms with van der Waals surface area (Å²) < 4.78 is 2.96. The Morgan fingerprint density at radius 1 is 1.61 bits per heavy atom. The van der Waals surface area contributed by atoms with Gasteiger partial charge in [-0.2, -0.15) is 5.10 Å². The van der Waals surface area contributed by atoms with Crippen LogP contribution in [-0.4, -0.2) is 9.78 Å². The average molecular weight is 349 g/mol. The Labute approximate surface area is 124 Å². The van der Waals surface area contributed by atoms with Gasteiger partial charge in [-0.1, -0.05) is 18.5 Å². The zero-order valence-corrected chi connectivity index (χ0v) is 13.4. The van der Waals surface area contributed by atoms with Crippen molar-refractivity contribution in [2.75, 3.05) is 0 Å². The minimum Gasteiger partial charge on any atom is -0.323 e. The zero-order chi connectivity index (χ0) is 13.3.